The fraction of sp³-hybridized carbons (Fsp3) is 0.357. The third kappa shape index (κ3) is 2.09. The average Bonchev–Trinajstić information content (AvgIpc) is 3.24. The smallest absolute Gasteiger partial charge is 0.267 e. The van der Waals surface area contributed by atoms with Crippen LogP contribution in [-0.2, 0) is 10.8 Å². The zero-order chi connectivity index (χ0) is 15.4. The molecule has 1 fully saturated rings. The summed E-state index contributed by atoms with van der Waals surface area (Å²) in [5.74, 6) is 0.349. The van der Waals surface area contributed by atoms with Gasteiger partial charge in [-0.3, -0.25) is 8.61 Å². The molecular formula is C14H12F2N4OS. The Kier molecular flexibility index (Phi) is 2.97. The third-order valence-corrected chi connectivity index (χ3v) is 4.49. The van der Waals surface area contributed by atoms with Gasteiger partial charge in [0, 0.05) is 30.0 Å². The van der Waals surface area contributed by atoms with E-state index in [1.807, 2.05) is 0 Å². The van der Waals surface area contributed by atoms with Crippen LogP contribution in [0.2, 0.25) is 0 Å². The lowest BCUT2D eigenvalue weighted by Gasteiger charge is -2.07. The van der Waals surface area contributed by atoms with Crippen molar-refractivity contribution in [2.45, 2.75) is 30.3 Å². The van der Waals surface area contributed by atoms with E-state index in [9.17, 15) is 13.0 Å². The zero-order valence-electron chi connectivity index (χ0n) is 11.7. The Labute approximate surface area is 126 Å². The van der Waals surface area contributed by atoms with Gasteiger partial charge in [-0.1, -0.05) is 0 Å². The van der Waals surface area contributed by atoms with Gasteiger partial charge in [-0.05, 0) is 18.9 Å². The van der Waals surface area contributed by atoms with Crippen LogP contribution in [0.5, 0.6) is 0 Å². The molecular weight excluding hydrogens is 310 g/mol. The van der Waals surface area contributed by atoms with Crippen LogP contribution in [0.25, 0.3) is 16.7 Å². The molecule has 0 saturated heterocycles. The SMILES string of the molecule is CS(=O)c1ncc2cc(C(F)F)c3nc(C4CC4)cn3c2n1. The van der Waals surface area contributed by atoms with E-state index in [1.165, 1.54) is 18.5 Å². The van der Waals surface area contributed by atoms with Gasteiger partial charge in [0.2, 0.25) is 5.16 Å². The van der Waals surface area contributed by atoms with E-state index in [0.717, 1.165) is 18.5 Å². The molecule has 3 aromatic rings. The molecule has 8 heteroatoms. The zero-order valence-corrected chi connectivity index (χ0v) is 12.5. The largest absolute Gasteiger partial charge is 0.283 e. The highest BCUT2D eigenvalue weighted by Crippen LogP contribution is 2.40. The fourth-order valence-electron chi connectivity index (χ4n) is 2.53. The Balaban J connectivity index is 2.08. The second-order valence-electron chi connectivity index (χ2n) is 5.42. The summed E-state index contributed by atoms with van der Waals surface area (Å²) in [7, 11) is -1.34. The second kappa shape index (κ2) is 4.77. The highest BCUT2D eigenvalue weighted by Gasteiger charge is 2.28. The molecule has 5 nitrogen and oxygen atoms in total. The number of fused-ring (bicyclic) bond motifs is 3. The van der Waals surface area contributed by atoms with E-state index >= 15 is 0 Å². The van der Waals surface area contributed by atoms with E-state index in [1.54, 1.807) is 10.6 Å². The van der Waals surface area contributed by atoms with Crippen molar-refractivity contribution in [3.63, 3.8) is 0 Å². The van der Waals surface area contributed by atoms with Crippen molar-refractivity contribution in [1.29, 1.82) is 0 Å². The Morgan fingerprint density at radius 1 is 1.32 bits per heavy atom. The molecule has 3 heterocycles. The molecule has 0 amide bonds. The average molecular weight is 322 g/mol. The molecule has 1 unspecified atom stereocenters. The summed E-state index contributed by atoms with van der Waals surface area (Å²) in [6.07, 6.45) is 4.12. The number of imidazole rings is 1. The van der Waals surface area contributed by atoms with Crippen LogP contribution in [0.1, 0.15) is 36.4 Å². The van der Waals surface area contributed by atoms with Gasteiger partial charge in [0.25, 0.3) is 6.43 Å². The quantitative estimate of drug-likeness (QED) is 0.696. The first-order valence-corrected chi connectivity index (χ1v) is 8.40. The third-order valence-electron chi connectivity index (χ3n) is 3.78. The Morgan fingerprint density at radius 3 is 2.73 bits per heavy atom. The van der Waals surface area contributed by atoms with E-state index < -0.39 is 17.2 Å². The summed E-state index contributed by atoms with van der Waals surface area (Å²) >= 11 is 0. The van der Waals surface area contributed by atoms with Crippen molar-refractivity contribution < 1.29 is 13.0 Å². The standard InChI is InChI=1S/C14H12F2N4OS/c1-22(21)14-17-5-8-4-9(11(15)16)13-18-10(7-2-3-7)6-20(13)12(8)19-14/h4-7,11H,2-3H2,1H3. The molecule has 4 rings (SSSR count). The van der Waals surface area contributed by atoms with E-state index in [2.05, 4.69) is 15.0 Å². The van der Waals surface area contributed by atoms with Gasteiger partial charge in [-0.2, -0.15) is 0 Å². The molecule has 1 atom stereocenters. The molecule has 0 aliphatic heterocycles. The first-order valence-electron chi connectivity index (χ1n) is 6.85. The van der Waals surface area contributed by atoms with Gasteiger partial charge in [-0.25, -0.2) is 23.7 Å². The summed E-state index contributed by atoms with van der Waals surface area (Å²) in [5.41, 5.74) is 1.36. The first-order chi connectivity index (χ1) is 10.5. The molecule has 0 radical (unpaired) electrons. The summed E-state index contributed by atoms with van der Waals surface area (Å²) in [6, 6.07) is 1.36. The van der Waals surface area contributed by atoms with Crippen molar-refractivity contribution in [3.8, 4) is 0 Å². The van der Waals surface area contributed by atoms with Crippen molar-refractivity contribution in [1.82, 2.24) is 19.4 Å². The molecule has 0 N–H and O–H groups in total. The fourth-order valence-corrected chi connectivity index (χ4v) is 2.95. The highest BCUT2D eigenvalue weighted by atomic mass is 32.2. The molecule has 3 aromatic heterocycles. The Morgan fingerprint density at radius 2 is 2.09 bits per heavy atom. The summed E-state index contributed by atoms with van der Waals surface area (Å²) in [5, 5.41) is 0.664. The van der Waals surface area contributed by atoms with Crippen LogP contribution in [0.3, 0.4) is 0 Å². The molecule has 22 heavy (non-hydrogen) atoms. The highest BCUT2D eigenvalue weighted by molar-refractivity contribution is 7.84. The maximum Gasteiger partial charge on any atom is 0.267 e. The van der Waals surface area contributed by atoms with Gasteiger partial charge in [0.15, 0.2) is 0 Å². The number of nitrogens with zero attached hydrogens (tertiary/aromatic N) is 4. The topological polar surface area (TPSA) is 60.2 Å². The van der Waals surface area contributed by atoms with Gasteiger partial charge in [0.05, 0.1) is 22.1 Å². The van der Waals surface area contributed by atoms with Crippen molar-refractivity contribution in [2.75, 3.05) is 6.26 Å². The second-order valence-corrected chi connectivity index (χ2v) is 6.69. The van der Waals surface area contributed by atoms with Crippen LogP contribution >= 0.6 is 0 Å². The number of pyridine rings is 1. The minimum Gasteiger partial charge on any atom is -0.283 e. The van der Waals surface area contributed by atoms with Crippen LogP contribution in [0, 0.1) is 0 Å². The molecule has 0 aromatic carbocycles. The van der Waals surface area contributed by atoms with Gasteiger partial charge in [-0.15, -0.1) is 0 Å². The normalized spacial score (nSPS) is 16.7. The van der Waals surface area contributed by atoms with Gasteiger partial charge >= 0.3 is 0 Å². The molecule has 0 spiro atoms. The van der Waals surface area contributed by atoms with Crippen LogP contribution in [-0.4, -0.2) is 29.8 Å². The van der Waals surface area contributed by atoms with Gasteiger partial charge in [0.1, 0.15) is 11.3 Å². The maximum absolute atomic E-state index is 13.3. The molecule has 0 bridgehead atoms. The predicted octanol–water partition coefficient (Wildman–Crippen LogP) is 2.83. The Hall–Kier alpha value is -1.96. The lowest BCUT2D eigenvalue weighted by atomic mass is 10.2. The van der Waals surface area contributed by atoms with Gasteiger partial charge < -0.3 is 0 Å². The predicted molar refractivity (Wildman–Crippen MR) is 77.6 cm³/mol. The van der Waals surface area contributed by atoms with E-state index in [4.69, 9.17) is 0 Å². The van der Waals surface area contributed by atoms with Crippen LogP contribution in [0.15, 0.2) is 23.6 Å². The minimum atomic E-state index is -2.62. The van der Waals surface area contributed by atoms with Crippen molar-refractivity contribution in [3.05, 3.63) is 29.7 Å². The maximum atomic E-state index is 13.3. The number of hydrogen-bond donors (Lipinski definition) is 0. The van der Waals surface area contributed by atoms with E-state index in [0.29, 0.717) is 17.0 Å². The number of hydrogen-bond acceptors (Lipinski definition) is 4. The number of rotatable bonds is 3. The van der Waals surface area contributed by atoms with Crippen LogP contribution < -0.4 is 0 Å². The lowest BCUT2D eigenvalue weighted by molar-refractivity contribution is 0.152. The molecule has 1 saturated carbocycles. The summed E-state index contributed by atoms with van der Waals surface area (Å²) in [4.78, 5) is 12.6. The first kappa shape index (κ1) is 13.7. The van der Waals surface area contributed by atoms with Crippen molar-refractivity contribution in [2.24, 2.45) is 0 Å². The van der Waals surface area contributed by atoms with Crippen molar-refractivity contribution >= 4 is 27.5 Å². The summed E-state index contributed by atoms with van der Waals surface area (Å²) in [6.45, 7) is 0. The molecule has 1 aliphatic carbocycles. The Bertz CT molecular complexity index is 920. The van der Waals surface area contributed by atoms with Crippen LogP contribution in [0.4, 0.5) is 8.78 Å². The molecule has 114 valence electrons. The number of aromatic nitrogens is 4. The number of halogens is 2. The monoisotopic (exact) mass is 322 g/mol. The number of alkyl halides is 2. The lowest BCUT2D eigenvalue weighted by Crippen LogP contribution is -2.02. The minimum absolute atomic E-state index is 0.131. The summed E-state index contributed by atoms with van der Waals surface area (Å²) < 4.78 is 39.8. The molecule has 1 aliphatic rings. The van der Waals surface area contributed by atoms with E-state index in [-0.39, 0.29) is 16.4 Å².